The van der Waals surface area contributed by atoms with Crippen molar-refractivity contribution in [1.29, 1.82) is 0 Å². The summed E-state index contributed by atoms with van der Waals surface area (Å²) in [7, 11) is 0. The van der Waals surface area contributed by atoms with Gasteiger partial charge in [-0.1, -0.05) is 0 Å². The highest BCUT2D eigenvalue weighted by Gasteiger charge is 2.47. The molecule has 0 radical (unpaired) electrons. The normalized spacial score (nSPS) is 23.4. The molecule has 0 saturated carbocycles. The van der Waals surface area contributed by atoms with Crippen molar-refractivity contribution in [3.63, 3.8) is 0 Å². The van der Waals surface area contributed by atoms with Gasteiger partial charge in [0.15, 0.2) is 12.3 Å². The van der Waals surface area contributed by atoms with E-state index in [0.29, 0.717) is 5.69 Å². The van der Waals surface area contributed by atoms with Crippen LogP contribution in [0, 0.1) is 6.92 Å². The number of nitrogen functional groups attached to an aromatic ring is 1. The summed E-state index contributed by atoms with van der Waals surface area (Å²) in [6, 6.07) is 8.33. The fourth-order valence-electron chi connectivity index (χ4n) is 3.30. The monoisotopic (exact) mass is 412 g/mol. The van der Waals surface area contributed by atoms with Gasteiger partial charge in [-0.15, -0.1) is 0 Å². The van der Waals surface area contributed by atoms with Crippen molar-refractivity contribution in [2.45, 2.75) is 31.5 Å². The standard InChI is InChI=1S/C19H20N6O5/c1-10-21-7-9-24(10)12-4-2-11(3-5-12)22-17(28)16-14(26)15(27)18(30-16)25-8-6-13(20)23-19(25)29/h2-9,14-16,18,26-27H,1H3,(H,22,28)(H2,20,23,29)/t14-,15+,16-,18+/m0/s1. The van der Waals surface area contributed by atoms with Crippen molar-refractivity contribution in [2.24, 2.45) is 0 Å². The summed E-state index contributed by atoms with van der Waals surface area (Å²) in [5, 5.41) is 23.2. The predicted octanol–water partition coefficient (Wildman–Crippen LogP) is -0.422. The summed E-state index contributed by atoms with van der Waals surface area (Å²) in [5.74, 6) is 0.168. The lowest BCUT2D eigenvalue weighted by molar-refractivity contribution is -0.132. The average Bonchev–Trinajstić information content (AvgIpc) is 3.27. The summed E-state index contributed by atoms with van der Waals surface area (Å²) >= 11 is 0. The number of ether oxygens (including phenoxy) is 1. The lowest BCUT2D eigenvalue weighted by atomic mass is 10.1. The molecule has 1 fully saturated rings. The molecule has 4 rings (SSSR count). The van der Waals surface area contributed by atoms with Gasteiger partial charge in [-0.25, -0.2) is 9.78 Å². The molecule has 1 aromatic carbocycles. The molecule has 156 valence electrons. The van der Waals surface area contributed by atoms with E-state index in [9.17, 15) is 19.8 Å². The number of aryl methyl sites for hydroxylation is 1. The van der Waals surface area contributed by atoms with Crippen molar-refractivity contribution >= 4 is 17.4 Å². The number of nitrogens with one attached hydrogen (secondary N) is 1. The summed E-state index contributed by atoms with van der Waals surface area (Å²) in [4.78, 5) is 32.3. The SMILES string of the molecule is Cc1nccn1-c1ccc(NC(=O)[C@H]2O[C@@H](n3ccc(N)nc3=O)[C@H](O)[C@@H]2O)cc1. The third kappa shape index (κ3) is 3.56. The van der Waals surface area contributed by atoms with Gasteiger partial charge in [-0.3, -0.25) is 9.36 Å². The Morgan fingerprint density at radius 1 is 1.17 bits per heavy atom. The molecule has 1 aliphatic heterocycles. The van der Waals surface area contributed by atoms with Gasteiger partial charge in [0, 0.05) is 30.0 Å². The van der Waals surface area contributed by atoms with Crippen LogP contribution >= 0.6 is 0 Å². The third-order valence-corrected chi connectivity index (χ3v) is 4.86. The van der Waals surface area contributed by atoms with Gasteiger partial charge in [0.1, 0.15) is 23.9 Å². The number of carbonyl (C=O) groups is 1. The van der Waals surface area contributed by atoms with E-state index in [1.54, 1.807) is 30.5 Å². The van der Waals surface area contributed by atoms with E-state index in [-0.39, 0.29) is 5.82 Å². The van der Waals surface area contributed by atoms with Gasteiger partial charge in [-0.2, -0.15) is 4.98 Å². The number of aromatic nitrogens is 4. The molecule has 1 amide bonds. The predicted molar refractivity (Wildman–Crippen MR) is 106 cm³/mol. The number of aliphatic hydroxyl groups is 2. The second-order valence-electron chi connectivity index (χ2n) is 6.85. The van der Waals surface area contributed by atoms with Crippen LogP contribution in [0.5, 0.6) is 0 Å². The number of hydrogen-bond donors (Lipinski definition) is 4. The van der Waals surface area contributed by atoms with E-state index in [4.69, 9.17) is 10.5 Å². The van der Waals surface area contributed by atoms with Crippen LogP contribution in [0.25, 0.3) is 5.69 Å². The molecule has 5 N–H and O–H groups in total. The topological polar surface area (TPSA) is 158 Å². The minimum absolute atomic E-state index is 0.00733. The molecule has 4 atom stereocenters. The quantitative estimate of drug-likeness (QED) is 0.450. The number of aliphatic hydroxyl groups excluding tert-OH is 2. The fourth-order valence-corrected chi connectivity index (χ4v) is 3.30. The zero-order valence-electron chi connectivity index (χ0n) is 15.9. The summed E-state index contributed by atoms with van der Waals surface area (Å²) < 4.78 is 8.34. The Hall–Kier alpha value is -3.54. The van der Waals surface area contributed by atoms with Crippen molar-refractivity contribution in [1.82, 2.24) is 19.1 Å². The Balaban J connectivity index is 1.48. The van der Waals surface area contributed by atoms with Crippen LogP contribution in [0.1, 0.15) is 12.1 Å². The maximum atomic E-state index is 12.6. The summed E-state index contributed by atoms with van der Waals surface area (Å²) in [6.45, 7) is 1.87. The highest BCUT2D eigenvalue weighted by atomic mass is 16.6. The third-order valence-electron chi connectivity index (χ3n) is 4.86. The first-order valence-electron chi connectivity index (χ1n) is 9.12. The smallest absolute Gasteiger partial charge is 0.351 e. The maximum absolute atomic E-state index is 12.6. The zero-order valence-corrected chi connectivity index (χ0v) is 15.9. The van der Waals surface area contributed by atoms with Gasteiger partial charge in [0.05, 0.1) is 0 Å². The maximum Gasteiger partial charge on any atom is 0.351 e. The molecule has 1 aliphatic rings. The molecule has 11 nitrogen and oxygen atoms in total. The number of anilines is 2. The van der Waals surface area contributed by atoms with Gasteiger partial charge >= 0.3 is 5.69 Å². The Bertz CT molecular complexity index is 1120. The second kappa shape index (κ2) is 7.71. The first kappa shape index (κ1) is 19.8. The van der Waals surface area contributed by atoms with Crippen LogP contribution < -0.4 is 16.7 Å². The summed E-state index contributed by atoms with van der Waals surface area (Å²) in [6.07, 6.45) is -0.910. The second-order valence-corrected chi connectivity index (χ2v) is 6.85. The molecule has 0 bridgehead atoms. The van der Waals surface area contributed by atoms with E-state index in [1.807, 2.05) is 17.7 Å². The molecule has 1 saturated heterocycles. The largest absolute Gasteiger partial charge is 0.387 e. The lowest BCUT2D eigenvalue weighted by Crippen LogP contribution is -2.39. The van der Waals surface area contributed by atoms with Crippen LogP contribution in [0.4, 0.5) is 11.5 Å². The number of amides is 1. The van der Waals surface area contributed by atoms with E-state index in [0.717, 1.165) is 16.1 Å². The molecule has 0 aliphatic carbocycles. The zero-order chi connectivity index (χ0) is 21.4. The van der Waals surface area contributed by atoms with Gasteiger partial charge < -0.3 is 30.6 Å². The van der Waals surface area contributed by atoms with Crippen LogP contribution in [0.3, 0.4) is 0 Å². The van der Waals surface area contributed by atoms with Gasteiger partial charge in [0.2, 0.25) is 0 Å². The molecule has 2 aromatic heterocycles. The van der Waals surface area contributed by atoms with Crippen LogP contribution in [-0.2, 0) is 9.53 Å². The number of carbonyl (C=O) groups excluding carboxylic acids is 1. The average molecular weight is 412 g/mol. The minimum Gasteiger partial charge on any atom is -0.387 e. The van der Waals surface area contributed by atoms with Crippen LogP contribution in [0.2, 0.25) is 0 Å². The van der Waals surface area contributed by atoms with Gasteiger partial charge in [0.25, 0.3) is 5.91 Å². The Morgan fingerprint density at radius 3 is 2.53 bits per heavy atom. The first-order valence-corrected chi connectivity index (χ1v) is 9.12. The van der Waals surface area contributed by atoms with E-state index < -0.39 is 36.1 Å². The highest BCUT2D eigenvalue weighted by Crippen LogP contribution is 2.29. The molecule has 0 unspecified atom stereocenters. The van der Waals surface area contributed by atoms with E-state index >= 15 is 0 Å². The Morgan fingerprint density at radius 2 is 1.90 bits per heavy atom. The minimum atomic E-state index is -1.53. The fraction of sp³-hybridized carbons (Fsp3) is 0.263. The molecule has 11 heteroatoms. The molecule has 30 heavy (non-hydrogen) atoms. The number of benzene rings is 1. The lowest BCUT2D eigenvalue weighted by Gasteiger charge is -2.16. The van der Waals surface area contributed by atoms with Crippen LogP contribution in [0.15, 0.2) is 53.7 Å². The highest BCUT2D eigenvalue weighted by molar-refractivity contribution is 5.95. The van der Waals surface area contributed by atoms with Crippen molar-refractivity contribution in [3.05, 3.63) is 65.2 Å². The van der Waals surface area contributed by atoms with Crippen LogP contribution in [-0.4, -0.2) is 53.5 Å². The Kier molecular flexibility index (Phi) is 5.08. The van der Waals surface area contributed by atoms with Crippen molar-refractivity contribution < 1.29 is 19.7 Å². The number of nitrogens with zero attached hydrogens (tertiary/aromatic N) is 4. The Labute approximate surface area is 170 Å². The molecule has 3 heterocycles. The van der Waals surface area contributed by atoms with Gasteiger partial charge in [-0.05, 0) is 37.3 Å². The molecular formula is C19H20N6O5. The summed E-state index contributed by atoms with van der Waals surface area (Å²) in [5.41, 5.74) is 6.03. The van der Waals surface area contributed by atoms with Crippen molar-refractivity contribution in [3.8, 4) is 5.69 Å². The van der Waals surface area contributed by atoms with Crippen molar-refractivity contribution in [2.75, 3.05) is 11.1 Å². The number of imidazole rings is 1. The number of nitrogens with two attached hydrogens (primary N) is 1. The molecular weight excluding hydrogens is 392 g/mol. The molecule has 0 spiro atoms. The number of rotatable bonds is 4. The molecule has 3 aromatic rings. The number of hydrogen-bond acceptors (Lipinski definition) is 8. The van der Waals surface area contributed by atoms with E-state index in [1.165, 1.54) is 12.3 Å². The first-order chi connectivity index (χ1) is 14.3. The van der Waals surface area contributed by atoms with E-state index in [2.05, 4.69) is 15.3 Å².